The van der Waals surface area contributed by atoms with Crippen molar-refractivity contribution < 1.29 is 0 Å². The monoisotopic (exact) mass is 256 g/mol. The fourth-order valence-corrected chi connectivity index (χ4v) is 2.73. The summed E-state index contributed by atoms with van der Waals surface area (Å²) in [6.45, 7) is 2.26. The van der Waals surface area contributed by atoms with Crippen LogP contribution in [0.1, 0.15) is 38.2 Å². The minimum atomic E-state index is 0.392. The van der Waals surface area contributed by atoms with E-state index in [1.165, 1.54) is 19.3 Å². The molecule has 0 amide bonds. The number of nitriles is 1. The maximum atomic E-state index is 9.22. The van der Waals surface area contributed by atoms with E-state index in [4.69, 9.17) is 0 Å². The van der Waals surface area contributed by atoms with Gasteiger partial charge < -0.3 is 5.32 Å². The minimum Gasteiger partial charge on any atom is -0.378 e. The van der Waals surface area contributed by atoms with Crippen molar-refractivity contribution in [3.8, 4) is 6.07 Å². The van der Waals surface area contributed by atoms with Gasteiger partial charge in [0.15, 0.2) is 0 Å². The van der Waals surface area contributed by atoms with Gasteiger partial charge in [0.05, 0.1) is 11.8 Å². The van der Waals surface area contributed by atoms with E-state index < -0.39 is 0 Å². The third-order valence-corrected chi connectivity index (χ3v) is 3.90. The molecule has 0 saturated heterocycles. The second kappa shape index (κ2) is 4.84. The van der Waals surface area contributed by atoms with Gasteiger partial charge in [-0.1, -0.05) is 19.8 Å². The quantitative estimate of drug-likeness (QED) is 0.888. The highest BCUT2D eigenvalue weighted by Crippen LogP contribution is 2.29. The van der Waals surface area contributed by atoms with E-state index in [2.05, 4.69) is 33.6 Å². The van der Waals surface area contributed by atoms with Crippen LogP contribution >= 0.6 is 0 Å². The van der Waals surface area contributed by atoms with Crippen LogP contribution in [0.5, 0.6) is 0 Å². The van der Waals surface area contributed by atoms with Crippen LogP contribution in [0.4, 0.5) is 5.69 Å². The Hall–Kier alpha value is -2.16. The van der Waals surface area contributed by atoms with Crippen molar-refractivity contribution >= 4 is 11.3 Å². The molecule has 0 radical (unpaired) electrons. The third-order valence-electron chi connectivity index (χ3n) is 3.90. The van der Waals surface area contributed by atoms with Crippen LogP contribution in [0, 0.1) is 17.2 Å². The standard InChI is InChI=1S/C13H16N6/c1-9-4-2-3-5-11(9)17-12-10(6-14)7-16-19-8-15-18-13(12)19/h7-9,11,17H,2-5H2,1H3. The van der Waals surface area contributed by atoms with Gasteiger partial charge in [-0.15, -0.1) is 10.2 Å². The highest BCUT2D eigenvalue weighted by atomic mass is 15.3. The zero-order chi connectivity index (χ0) is 13.2. The van der Waals surface area contributed by atoms with Crippen molar-refractivity contribution in [1.29, 1.82) is 5.26 Å². The normalized spacial score (nSPS) is 23.2. The number of hydrogen-bond donors (Lipinski definition) is 1. The van der Waals surface area contributed by atoms with Gasteiger partial charge in [-0.2, -0.15) is 14.9 Å². The van der Waals surface area contributed by atoms with E-state index in [9.17, 15) is 5.26 Å². The molecule has 2 heterocycles. The third kappa shape index (κ3) is 2.12. The number of rotatable bonds is 2. The Morgan fingerprint density at radius 2 is 2.26 bits per heavy atom. The molecule has 1 aliphatic carbocycles. The number of nitrogens with one attached hydrogen (secondary N) is 1. The summed E-state index contributed by atoms with van der Waals surface area (Å²) in [5.41, 5.74) is 1.91. The largest absolute Gasteiger partial charge is 0.378 e. The molecule has 0 aliphatic heterocycles. The van der Waals surface area contributed by atoms with Crippen molar-refractivity contribution in [3.05, 3.63) is 18.1 Å². The summed E-state index contributed by atoms with van der Waals surface area (Å²) in [7, 11) is 0. The molecule has 2 atom stereocenters. The predicted molar refractivity (Wildman–Crippen MR) is 70.5 cm³/mol. The average molecular weight is 256 g/mol. The zero-order valence-corrected chi connectivity index (χ0v) is 10.9. The topological polar surface area (TPSA) is 78.9 Å². The summed E-state index contributed by atoms with van der Waals surface area (Å²) < 4.78 is 1.59. The lowest BCUT2D eigenvalue weighted by molar-refractivity contribution is 0.349. The van der Waals surface area contributed by atoms with E-state index in [0.29, 0.717) is 23.2 Å². The summed E-state index contributed by atoms with van der Waals surface area (Å²) in [6, 6.07) is 2.57. The van der Waals surface area contributed by atoms with E-state index >= 15 is 0 Å². The second-order valence-electron chi connectivity index (χ2n) is 5.16. The first-order valence-electron chi connectivity index (χ1n) is 6.65. The molecule has 6 heteroatoms. The van der Waals surface area contributed by atoms with Crippen LogP contribution < -0.4 is 5.32 Å². The Labute approximate surface area is 111 Å². The molecule has 0 aromatic carbocycles. The maximum Gasteiger partial charge on any atom is 0.202 e. The van der Waals surface area contributed by atoms with E-state index in [0.717, 1.165) is 12.1 Å². The maximum absolute atomic E-state index is 9.22. The van der Waals surface area contributed by atoms with Gasteiger partial charge >= 0.3 is 0 Å². The first kappa shape index (κ1) is 11.9. The van der Waals surface area contributed by atoms with Crippen LogP contribution in [0.15, 0.2) is 12.5 Å². The van der Waals surface area contributed by atoms with Gasteiger partial charge in [0, 0.05) is 6.04 Å². The molecular weight excluding hydrogens is 240 g/mol. The van der Waals surface area contributed by atoms with Crippen molar-refractivity contribution in [2.45, 2.75) is 38.6 Å². The lowest BCUT2D eigenvalue weighted by atomic mass is 9.86. The molecule has 6 nitrogen and oxygen atoms in total. The van der Waals surface area contributed by atoms with Gasteiger partial charge in [-0.3, -0.25) is 0 Å². The summed E-state index contributed by atoms with van der Waals surface area (Å²) in [6.07, 6.45) is 8.00. The smallest absolute Gasteiger partial charge is 0.202 e. The van der Waals surface area contributed by atoms with Gasteiger partial charge in [0.1, 0.15) is 18.1 Å². The SMILES string of the molecule is CC1CCCCC1Nc1c(C#N)cnn2cnnc12. The van der Waals surface area contributed by atoms with Crippen LogP contribution in [0.2, 0.25) is 0 Å². The number of anilines is 1. The highest BCUT2D eigenvalue weighted by molar-refractivity contribution is 5.73. The van der Waals surface area contributed by atoms with E-state index in [1.54, 1.807) is 17.0 Å². The second-order valence-corrected chi connectivity index (χ2v) is 5.16. The molecule has 19 heavy (non-hydrogen) atoms. The van der Waals surface area contributed by atoms with Crippen LogP contribution in [-0.2, 0) is 0 Å². The molecule has 3 rings (SSSR count). The molecule has 1 N–H and O–H groups in total. The molecular formula is C13H16N6. The Morgan fingerprint density at radius 3 is 3.05 bits per heavy atom. The molecule has 98 valence electrons. The fraction of sp³-hybridized carbons (Fsp3) is 0.538. The average Bonchev–Trinajstić information content (AvgIpc) is 2.90. The van der Waals surface area contributed by atoms with Crippen molar-refractivity contribution in [1.82, 2.24) is 19.8 Å². The fourth-order valence-electron chi connectivity index (χ4n) is 2.73. The Kier molecular flexibility index (Phi) is 3.03. The molecule has 0 spiro atoms. The van der Waals surface area contributed by atoms with E-state index in [1.807, 2.05) is 0 Å². The summed E-state index contributed by atoms with van der Waals surface area (Å²) in [5, 5.41) is 24.7. The van der Waals surface area contributed by atoms with Crippen LogP contribution in [0.25, 0.3) is 5.65 Å². The van der Waals surface area contributed by atoms with Crippen LogP contribution in [0.3, 0.4) is 0 Å². The summed E-state index contributed by atoms with van der Waals surface area (Å²) >= 11 is 0. The molecule has 2 unspecified atom stereocenters. The summed E-state index contributed by atoms with van der Waals surface area (Å²) in [5.74, 6) is 0.608. The molecule has 1 aliphatic rings. The number of aromatic nitrogens is 4. The molecule has 1 saturated carbocycles. The first-order valence-corrected chi connectivity index (χ1v) is 6.65. The highest BCUT2D eigenvalue weighted by Gasteiger charge is 2.23. The van der Waals surface area contributed by atoms with Gasteiger partial charge in [0.25, 0.3) is 0 Å². The van der Waals surface area contributed by atoms with Crippen molar-refractivity contribution in [2.75, 3.05) is 5.32 Å². The lowest BCUT2D eigenvalue weighted by Gasteiger charge is -2.30. The molecule has 1 fully saturated rings. The number of fused-ring (bicyclic) bond motifs is 1. The summed E-state index contributed by atoms with van der Waals surface area (Å²) in [4.78, 5) is 0. The van der Waals surface area contributed by atoms with E-state index in [-0.39, 0.29) is 0 Å². The molecule has 0 bridgehead atoms. The van der Waals surface area contributed by atoms with Gasteiger partial charge in [-0.05, 0) is 18.8 Å². The molecule has 2 aromatic heterocycles. The van der Waals surface area contributed by atoms with Gasteiger partial charge in [-0.25, -0.2) is 0 Å². The van der Waals surface area contributed by atoms with Crippen molar-refractivity contribution in [3.63, 3.8) is 0 Å². The Bertz CT molecular complexity index is 626. The number of hydrogen-bond acceptors (Lipinski definition) is 5. The molecule has 2 aromatic rings. The number of nitrogens with zero attached hydrogens (tertiary/aromatic N) is 5. The van der Waals surface area contributed by atoms with Gasteiger partial charge in [0.2, 0.25) is 5.65 Å². The Morgan fingerprint density at radius 1 is 1.42 bits per heavy atom. The predicted octanol–water partition coefficient (Wildman–Crippen LogP) is 1.99. The first-order chi connectivity index (χ1) is 9.29. The van der Waals surface area contributed by atoms with Crippen molar-refractivity contribution in [2.24, 2.45) is 5.92 Å². The zero-order valence-electron chi connectivity index (χ0n) is 10.9. The lowest BCUT2D eigenvalue weighted by Crippen LogP contribution is -2.31. The minimum absolute atomic E-state index is 0.392. The Balaban J connectivity index is 1.98. The van der Waals surface area contributed by atoms with Crippen LogP contribution in [-0.4, -0.2) is 25.9 Å².